The monoisotopic (exact) mass is 437 g/mol. The van der Waals surface area contributed by atoms with Crippen LogP contribution < -0.4 is 19.1 Å². The molecule has 0 bridgehead atoms. The first kappa shape index (κ1) is 20.0. The number of carbonyl (C=O) groups is 1. The van der Waals surface area contributed by atoms with Gasteiger partial charge in [0.05, 0.1) is 12.8 Å². The molecule has 164 valence electrons. The number of rotatable bonds is 6. The summed E-state index contributed by atoms with van der Waals surface area (Å²) in [6.07, 6.45) is 2.07. The van der Waals surface area contributed by atoms with Crippen molar-refractivity contribution in [3.8, 4) is 17.4 Å². The molecule has 8 nitrogen and oxygen atoms in total. The molecule has 0 unspecified atom stereocenters. The first-order valence-electron chi connectivity index (χ1n) is 10.2. The van der Waals surface area contributed by atoms with Gasteiger partial charge in [0.25, 0.3) is 0 Å². The van der Waals surface area contributed by atoms with Gasteiger partial charge in [-0.2, -0.15) is 4.98 Å². The van der Waals surface area contributed by atoms with Gasteiger partial charge in [-0.3, -0.25) is 0 Å². The van der Waals surface area contributed by atoms with Crippen LogP contribution in [0.25, 0.3) is 0 Å². The summed E-state index contributed by atoms with van der Waals surface area (Å²) in [5.74, 6) is 0.946. The predicted molar refractivity (Wildman–Crippen MR) is 112 cm³/mol. The first-order chi connectivity index (χ1) is 15.6. The molecule has 2 aliphatic rings. The van der Waals surface area contributed by atoms with Gasteiger partial charge >= 0.3 is 5.97 Å². The SMILES string of the molecule is CCOC(=O)c1cnc(N2CCc3cc(F)ccc32)nc1OCc1ccc2c(c1)OCO2. The van der Waals surface area contributed by atoms with E-state index in [1.54, 1.807) is 19.1 Å². The zero-order valence-corrected chi connectivity index (χ0v) is 17.3. The number of benzene rings is 2. The summed E-state index contributed by atoms with van der Waals surface area (Å²) in [6, 6.07) is 10.1. The predicted octanol–water partition coefficient (Wildman–Crippen LogP) is 3.79. The van der Waals surface area contributed by atoms with Gasteiger partial charge in [-0.25, -0.2) is 14.2 Å². The number of halogens is 1. The van der Waals surface area contributed by atoms with Crippen molar-refractivity contribution in [2.45, 2.75) is 20.0 Å². The standard InChI is InChI=1S/C23H20FN3O5/c1-2-29-22(28)17-11-25-23(27-8-7-15-10-16(24)4-5-18(15)27)26-21(17)30-12-14-3-6-19-20(9-14)32-13-31-19/h3-6,9-11H,2,7-8,12-13H2,1H3. The van der Waals surface area contributed by atoms with E-state index in [2.05, 4.69) is 9.97 Å². The van der Waals surface area contributed by atoms with Crippen molar-refractivity contribution < 1.29 is 28.1 Å². The molecule has 5 rings (SSSR count). The number of hydrogen-bond donors (Lipinski definition) is 0. The van der Waals surface area contributed by atoms with Crippen LogP contribution >= 0.6 is 0 Å². The Balaban J connectivity index is 1.44. The minimum atomic E-state index is -0.566. The van der Waals surface area contributed by atoms with Crippen molar-refractivity contribution in [2.75, 3.05) is 24.8 Å². The van der Waals surface area contributed by atoms with Crippen LogP contribution in [0.4, 0.5) is 16.0 Å². The van der Waals surface area contributed by atoms with Gasteiger partial charge in [-0.05, 0) is 54.8 Å². The Morgan fingerprint density at radius 1 is 1.19 bits per heavy atom. The molecule has 0 radical (unpaired) electrons. The van der Waals surface area contributed by atoms with Gasteiger partial charge in [0.15, 0.2) is 11.5 Å². The highest BCUT2D eigenvalue weighted by Gasteiger charge is 2.26. The van der Waals surface area contributed by atoms with E-state index in [9.17, 15) is 9.18 Å². The number of aromatic nitrogens is 2. The summed E-state index contributed by atoms with van der Waals surface area (Å²) in [7, 11) is 0. The lowest BCUT2D eigenvalue weighted by Crippen LogP contribution is -2.18. The largest absolute Gasteiger partial charge is 0.472 e. The number of anilines is 2. The Morgan fingerprint density at radius 2 is 2.06 bits per heavy atom. The molecule has 0 amide bonds. The van der Waals surface area contributed by atoms with Crippen LogP contribution in [0.1, 0.15) is 28.4 Å². The van der Waals surface area contributed by atoms with Crippen LogP contribution in [-0.4, -0.2) is 35.9 Å². The molecule has 3 heterocycles. The number of fused-ring (bicyclic) bond motifs is 2. The molecule has 1 aromatic heterocycles. The highest BCUT2D eigenvalue weighted by molar-refractivity contribution is 5.91. The van der Waals surface area contributed by atoms with E-state index in [4.69, 9.17) is 18.9 Å². The third-order valence-electron chi connectivity index (χ3n) is 5.23. The minimum Gasteiger partial charge on any atom is -0.472 e. The van der Waals surface area contributed by atoms with Gasteiger partial charge in [0.1, 0.15) is 18.0 Å². The Morgan fingerprint density at radius 3 is 2.94 bits per heavy atom. The highest BCUT2D eigenvalue weighted by Crippen LogP contribution is 2.35. The summed E-state index contributed by atoms with van der Waals surface area (Å²) in [6.45, 7) is 2.87. The second-order valence-corrected chi connectivity index (χ2v) is 7.26. The van der Waals surface area contributed by atoms with Crippen molar-refractivity contribution in [3.63, 3.8) is 0 Å². The molecule has 32 heavy (non-hydrogen) atoms. The maximum atomic E-state index is 13.6. The normalized spacial score (nSPS) is 13.8. The second kappa shape index (κ2) is 8.33. The van der Waals surface area contributed by atoms with Crippen LogP contribution in [0.15, 0.2) is 42.6 Å². The molecule has 0 N–H and O–H groups in total. The number of carbonyl (C=O) groups excluding carboxylic acids is 1. The van der Waals surface area contributed by atoms with E-state index in [0.717, 1.165) is 16.8 Å². The lowest BCUT2D eigenvalue weighted by Gasteiger charge is -2.19. The minimum absolute atomic E-state index is 0.113. The molecule has 3 aromatic rings. The number of nitrogens with zero attached hydrogens (tertiary/aromatic N) is 3. The van der Waals surface area contributed by atoms with E-state index in [1.165, 1.54) is 18.3 Å². The third kappa shape index (κ3) is 3.77. The van der Waals surface area contributed by atoms with Crippen LogP contribution in [0.5, 0.6) is 17.4 Å². The van der Waals surface area contributed by atoms with E-state index in [1.807, 2.05) is 17.0 Å². The molecule has 0 atom stereocenters. The van der Waals surface area contributed by atoms with Crippen molar-refractivity contribution >= 4 is 17.6 Å². The maximum absolute atomic E-state index is 13.6. The van der Waals surface area contributed by atoms with E-state index >= 15 is 0 Å². The zero-order valence-electron chi connectivity index (χ0n) is 17.3. The Bertz CT molecular complexity index is 1190. The number of ether oxygens (including phenoxy) is 4. The summed E-state index contributed by atoms with van der Waals surface area (Å²) >= 11 is 0. The topological polar surface area (TPSA) is 83.0 Å². The molecular formula is C23H20FN3O5. The Kier molecular flexibility index (Phi) is 5.22. The molecular weight excluding hydrogens is 417 g/mol. The number of hydrogen-bond acceptors (Lipinski definition) is 8. The smallest absolute Gasteiger partial charge is 0.345 e. The fourth-order valence-electron chi connectivity index (χ4n) is 3.71. The fraction of sp³-hybridized carbons (Fsp3) is 0.261. The molecule has 0 aliphatic carbocycles. The lowest BCUT2D eigenvalue weighted by atomic mass is 10.2. The summed E-state index contributed by atoms with van der Waals surface area (Å²) < 4.78 is 35.4. The quantitative estimate of drug-likeness (QED) is 0.539. The fourth-order valence-corrected chi connectivity index (χ4v) is 3.71. The summed E-state index contributed by atoms with van der Waals surface area (Å²) in [5.41, 5.74) is 2.67. The van der Waals surface area contributed by atoms with E-state index in [0.29, 0.717) is 30.4 Å². The van der Waals surface area contributed by atoms with E-state index < -0.39 is 5.97 Å². The Labute approximate surface area is 183 Å². The molecule has 2 aliphatic heterocycles. The van der Waals surface area contributed by atoms with Gasteiger partial charge in [0.2, 0.25) is 18.6 Å². The molecule has 0 fully saturated rings. The van der Waals surface area contributed by atoms with Crippen LogP contribution in [0.3, 0.4) is 0 Å². The van der Waals surface area contributed by atoms with Gasteiger partial charge in [-0.15, -0.1) is 0 Å². The molecule has 0 saturated carbocycles. The average Bonchev–Trinajstić information content (AvgIpc) is 3.43. The van der Waals surface area contributed by atoms with Crippen LogP contribution in [0.2, 0.25) is 0 Å². The third-order valence-corrected chi connectivity index (χ3v) is 5.23. The van der Waals surface area contributed by atoms with Crippen molar-refractivity contribution in [2.24, 2.45) is 0 Å². The van der Waals surface area contributed by atoms with Gasteiger partial charge in [0, 0.05) is 12.2 Å². The van der Waals surface area contributed by atoms with Crippen molar-refractivity contribution in [3.05, 3.63) is 65.1 Å². The zero-order chi connectivity index (χ0) is 22.1. The van der Waals surface area contributed by atoms with E-state index in [-0.39, 0.29) is 37.3 Å². The summed E-state index contributed by atoms with van der Waals surface area (Å²) in [5, 5.41) is 0. The first-order valence-corrected chi connectivity index (χ1v) is 10.2. The molecule has 2 aromatic carbocycles. The highest BCUT2D eigenvalue weighted by atomic mass is 19.1. The van der Waals surface area contributed by atoms with Gasteiger partial charge < -0.3 is 23.8 Å². The molecule has 0 saturated heterocycles. The Hall–Kier alpha value is -3.88. The summed E-state index contributed by atoms with van der Waals surface area (Å²) in [4.78, 5) is 23.2. The van der Waals surface area contributed by atoms with Crippen LogP contribution in [0, 0.1) is 5.82 Å². The second-order valence-electron chi connectivity index (χ2n) is 7.26. The van der Waals surface area contributed by atoms with Gasteiger partial charge in [-0.1, -0.05) is 6.07 Å². The lowest BCUT2D eigenvalue weighted by molar-refractivity contribution is 0.0519. The van der Waals surface area contributed by atoms with Crippen LogP contribution in [-0.2, 0) is 17.8 Å². The molecule has 9 heteroatoms. The van der Waals surface area contributed by atoms with Crippen molar-refractivity contribution in [1.82, 2.24) is 9.97 Å². The number of esters is 1. The molecule has 0 spiro atoms. The van der Waals surface area contributed by atoms with Crippen molar-refractivity contribution in [1.29, 1.82) is 0 Å². The average molecular weight is 437 g/mol. The maximum Gasteiger partial charge on any atom is 0.345 e.